The van der Waals surface area contributed by atoms with E-state index >= 15 is 0 Å². The Morgan fingerprint density at radius 3 is 3.20 bits per heavy atom. The van der Waals surface area contributed by atoms with Crippen LogP contribution in [-0.2, 0) is 0 Å². The van der Waals surface area contributed by atoms with E-state index in [0.717, 1.165) is 5.52 Å². The highest BCUT2D eigenvalue weighted by Crippen LogP contribution is 2.26. The van der Waals surface area contributed by atoms with Crippen LogP contribution < -0.4 is 0 Å². The molecule has 1 N–H and O–H groups in total. The Morgan fingerprint density at radius 1 is 1.70 bits per heavy atom. The third kappa shape index (κ3) is 0.861. The van der Waals surface area contributed by atoms with Crippen LogP contribution in [0.3, 0.4) is 0 Å². The van der Waals surface area contributed by atoms with Crippen LogP contribution in [0.5, 0.6) is 0 Å². The number of aromatic nitrogens is 2. The summed E-state index contributed by atoms with van der Waals surface area (Å²) in [6.45, 7) is 2.04. The van der Waals surface area contributed by atoms with Gasteiger partial charge in [-0.3, -0.25) is 5.10 Å². The average molecular weight is 264 g/mol. The number of nitrogens with one attached hydrogen (secondary N) is 1. The van der Waals surface area contributed by atoms with Crippen LogP contribution in [0, 0.1) is 9.81 Å². The van der Waals surface area contributed by atoms with E-state index in [-0.39, 0.29) is 0 Å². The third-order valence-corrected chi connectivity index (χ3v) is 3.37. The summed E-state index contributed by atoms with van der Waals surface area (Å²) in [4.78, 5) is 0. The van der Waals surface area contributed by atoms with E-state index in [1.165, 1.54) is 13.3 Å². The van der Waals surface area contributed by atoms with Crippen LogP contribution in [0.15, 0.2) is 6.07 Å². The number of hydrogen-bond donors (Lipinski definition) is 1. The van der Waals surface area contributed by atoms with Crippen LogP contribution in [0.2, 0.25) is 0 Å². The van der Waals surface area contributed by atoms with E-state index in [1.807, 2.05) is 6.92 Å². The van der Waals surface area contributed by atoms with E-state index in [9.17, 15) is 0 Å². The maximum atomic E-state index is 4.12. The van der Waals surface area contributed by atoms with Gasteiger partial charge in [-0.1, -0.05) is 0 Å². The Hall–Kier alpha value is -0.100. The van der Waals surface area contributed by atoms with Crippen LogP contribution >= 0.6 is 33.9 Å². The van der Waals surface area contributed by atoms with Crippen molar-refractivity contribution < 1.29 is 0 Å². The summed E-state index contributed by atoms with van der Waals surface area (Å²) >= 11 is 4.09. The van der Waals surface area contributed by atoms with E-state index in [1.54, 1.807) is 11.3 Å². The summed E-state index contributed by atoms with van der Waals surface area (Å²) in [6, 6.07) is 2.09. The first-order valence-corrected chi connectivity index (χ1v) is 4.77. The van der Waals surface area contributed by atoms with E-state index < -0.39 is 0 Å². The Balaban J connectivity index is 2.90. The number of hydrogen-bond acceptors (Lipinski definition) is 2. The molecule has 0 amide bonds. The van der Waals surface area contributed by atoms with Gasteiger partial charge in [-0.05, 0) is 35.6 Å². The van der Waals surface area contributed by atoms with Crippen molar-refractivity contribution >= 4 is 44.1 Å². The first-order valence-electron chi connectivity index (χ1n) is 2.87. The molecule has 0 unspecified atom stereocenters. The fourth-order valence-corrected chi connectivity index (χ4v) is 2.63. The van der Waals surface area contributed by atoms with E-state index in [2.05, 4.69) is 38.9 Å². The lowest BCUT2D eigenvalue weighted by molar-refractivity contribution is 1.07. The maximum Gasteiger partial charge on any atom is 0.104 e. The van der Waals surface area contributed by atoms with Gasteiger partial charge in [0.05, 0.1) is 7.58 Å². The molecular formula is C6H5IN2S. The number of halogens is 1. The zero-order chi connectivity index (χ0) is 7.14. The van der Waals surface area contributed by atoms with Gasteiger partial charge in [0.2, 0.25) is 0 Å². The van der Waals surface area contributed by atoms with Crippen molar-refractivity contribution in [3.8, 4) is 0 Å². The van der Waals surface area contributed by atoms with Crippen LogP contribution in [-0.4, -0.2) is 10.2 Å². The van der Waals surface area contributed by atoms with Crippen molar-refractivity contribution in [3.05, 3.63) is 14.6 Å². The molecule has 4 heteroatoms. The number of thiophene rings is 1. The molecule has 0 aliphatic rings. The highest BCUT2D eigenvalue weighted by Gasteiger charge is 2.03. The number of rotatable bonds is 0. The largest absolute Gasteiger partial charge is 0.281 e. The quantitative estimate of drug-likeness (QED) is 0.728. The molecule has 10 heavy (non-hydrogen) atoms. The molecule has 0 fully saturated rings. The van der Waals surface area contributed by atoms with Crippen molar-refractivity contribution in [1.82, 2.24) is 10.2 Å². The Kier molecular flexibility index (Phi) is 1.45. The molecule has 2 rings (SSSR count). The maximum absolute atomic E-state index is 4.12. The number of aromatic amines is 1. The lowest BCUT2D eigenvalue weighted by Gasteiger charge is -1.77. The monoisotopic (exact) mass is 264 g/mol. The van der Waals surface area contributed by atoms with Gasteiger partial charge in [-0.25, -0.2) is 0 Å². The molecule has 0 bridgehead atoms. The van der Waals surface area contributed by atoms with E-state index in [0.29, 0.717) is 0 Å². The standard InChI is InChI=1S/C6H5IN2S/c1-3-6-4(9-8-3)2-5(7)10-6/h2H,1H3,(H,8,9). The second kappa shape index (κ2) is 2.20. The molecule has 2 nitrogen and oxygen atoms in total. The van der Waals surface area contributed by atoms with Gasteiger partial charge in [0.25, 0.3) is 0 Å². The first-order chi connectivity index (χ1) is 4.77. The summed E-state index contributed by atoms with van der Waals surface area (Å²) in [5.74, 6) is 0. The number of H-pyrrole nitrogens is 1. The molecule has 0 aliphatic heterocycles. The minimum atomic E-state index is 1.09. The zero-order valence-electron chi connectivity index (χ0n) is 5.31. The van der Waals surface area contributed by atoms with Crippen molar-refractivity contribution in [2.45, 2.75) is 6.92 Å². The molecule has 0 aromatic carbocycles. The van der Waals surface area contributed by atoms with Gasteiger partial charge in [0, 0.05) is 5.69 Å². The van der Waals surface area contributed by atoms with Crippen molar-refractivity contribution in [1.29, 1.82) is 0 Å². The van der Waals surface area contributed by atoms with Gasteiger partial charge in [0.1, 0.15) is 5.52 Å². The molecule has 0 radical (unpaired) electrons. The smallest absolute Gasteiger partial charge is 0.104 e. The third-order valence-electron chi connectivity index (χ3n) is 1.37. The summed E-state index contributed by atoms with van der Waals surface area (Å²) in [5, 5.41) is 7.06. The lowest BCUT2D eigenvalue weighted by atomic mass is 10.4. The van der Waals surface area contributed by atoms with E-state index in [4.69, 9.17) is 0 Å². The summed E-state index contributed by atoms with van der Waals surface area (Å²) < 4.78 is 2.58. The molecule has 0 atom stereocenters. The normalized spacial score (nSPS) is 11.0. The van der Waals surface area contributed by atoms with Gasteiger partial charge in [-0.15, -0.1) is 11.3 Å². The highest BCUT2D eigenvalue weighted by atomic mass is 127. The minimum Gasteiger partial charge on any atom is -0.281 e. The number of fused-ring (bicyclic) bond motifs is 1. The second-order valence-corrected chi connectivity index (χ2v) is 5.06. The SMILES string of the molecule is Cc1[nH]nc2cc(I)sc12. The molecular weight excluding hydrogens is 259 g/mol. The molecule has 52 valence electrons. The van der Waals surface area contributed by atoms with Crippen LogP contribution in [0.1, 0.15) is 5.69 Å². The second-order valence-electron chi connectivity index (χ2n) is 2.11. The van der Waals surface area contributed by atoms with Crippen molar-refractivity contribution in [2.75, 3.05) is 0 Å². The number of nitrogens with zero attached hydrogens (tertiary/aromatic N) is 1. The number of aryl methyl sites for hydroxylation is 1. The Labute approximate surface area is 75.8 Å². The Morgan fingerprint density at radius 2 is 2.50 bits per heavy atom. The molecule has 0 saturated heterocycles. The minimum absolute atomic E-state index is 1.09. The molecule has 2 heterocycles. The van der Waals surface area contributed by atoms with Crippen LogP contribution in [0.4, 0.5) is 0 Å². The van der Waals surface area contributed by atoms with Crippen LogP contribution in [0.25, 0.3) is 10.2 Å². The Bertz CT molecular complexity index is 363. The topological polar surface area (TPSA) is 28.7 Å². The highest BCUT2D eigenvalue weighted by molar-refractivity contribution is 14.1. The fourth-order valence-electron chi connectivity index (χ4n) is 0.899. The molecule has 0 saturated carbocycles. The predicted molar refractivity (Wildman–Crippen MR) is 51.4 cm³/mol. The first kappa shape index (κ1) is 6.60. The average Bonchev–Trinajstić information content (AvgIpc) is 2.35. The van der Waals surface area contributed by atoms with Gasteiger partial charge < -0.3 is 0 Å². The molecule has 0 spiro atoms. The fraction of sp³-hybridized carbons (Fsp3) is 0.167. The lowest BCUT2D eigenvalue weighted by Crippen LogP contribution is -1.68. The summed E-state index contributed by atoms with van der Waals surface area (Å²) in [7, 11) is 0. The van der Waals surface area contributed by atoms with Crippen molar-refractivity contribution in [2.24, 2.45) is 0 Å². The zero-order valence-corrected chi connectivity index (χ0v) is 8.28. The van der Waals surface area contributed by atoms with Gasteiger partial charge >= 0.3 is 0 Å². The van der Waals surface area contributed by atoms with Gasteiger partial charge in [0.15, 0.2) is 0 Å². The summed E-state index contributed by atoms with van der Waals surface area (Å²) in [5.41, 5.74) is 2.26. The van der Waals surface area contributed by atoms with Crippen molar-refractivity contribution in [3.63, 3.8) is 0 Å². The molecule has 2 aromatic rings. The predicted octanol–water partition coefficient (Wildman–Crippen LogP) is 2.54. The molecule has 2 aromatic heterocycles. The van der Waals surface area contributed by atoms with Gasteiger partial charge in [-0.2, -0.15) is 5.10 Å². The molecule has 0 aliphatic carbocycles. The summed E-state index contributed by atoms with van der Waals surface area (Å²) in [6.07, 6.45) is 0.